The molecule has 10 heteroatoms. The van der Waals surface area contributed by atoms with E-state index in [0.29, 0.717) is 18.5 Å². The highest BCUT2D eigenvalue weighted by atomic mass is 19.1. The fraction of sp³-hybridized carbons (Fsp3) is 0.348. The number of hydrogen-bond donors (Lipinski definition) is 1. The van der Waals surface area contributed by atoms with Crippen molar-refractivity contribution in [2.45, 2.75) is 24.6 Å². The summed E-state index contributed by atoms with van der Waals surface area (Å²) in [6.45, 7) is 0.332. The van der Waals surface area contributed by atoms with E-state index in [0.717, 1.165) is 16.8 Å². The molecule has 0 spiro atoms. The van der Waals surface area contributed by atoms with Crippen LogP contribution in [0.3, 0.4) is 0 Å². The Balaban J connectivity index is 1.60. The zero-order chi connectivity index (χ0) is 23.5. The van der Waals surface area contributed by atoms with Crippen molar-refractivity contribution in [1.82, 2.24) is 30.0 Å². The molecule has 0 bridgehead atoms. The maximum absolute atomic E-state index is 13.6. The van der Waals surface area contributed by atoms with Gasteiger partial charge in [0.15, 0.2) is 0 Å². The number of carbonyl (C=O) groups excluding carboxylic acids is 2. The third-order valence-electron chi connectivity index (χ3n) is 5.86. The minimum Gasteiger partial charge on any atom is -0.348 e. The first-order valence-electron chi connectivity index (χ1n) is 10.7. The predicted octanol–water partition coefficient (Wildman–Crippen LogP) is 1.40. The van der Waals surface area contributed by atoms with Gasteiger partial charge in [-0.25, -0.2) is 9.07 Å². The summed E-state index contributed by atoms with van der Waals surface area (Å²) in [6, 6.07) is 14.0. The third-order valence-corrected chi connectivity index (χ3v) is 5.86. The van der Waals surface area contributed by atoms with Gasteiger partial charge in [-0.3, -0.25) is 9.59 Å². The number of hydrogen-bond acceptors (Lipinski definition) is 6. The van der Waals surface area contributed by atoms with Gasteiger partial charge in [0.1, 0.15) is 18.5 Å². The lowest BCUT2D eigenvalue weighted by atomic mass is 9.88. The van der Waals surface area contributed by atoms with Crippen molar-refractivity contribution in [3.05, 3.63) is 60.4 Å². The quantitative estimate of drug-likeness (QED) is 0.607. The van der Waals surface area contributed by atoms with Crippen molar-refractivity contribution in [1.29, 1.82) is 0 Å². The molecule has 1 aliphatic heterocycles. The number of tetrazole rings is 1. The smallest absolute Gasteiger partial charge is 0.240 e. The van der Waals surface area contributed by atoms with Crippen molar-refractivity contribution < 1.29 is 14.0 Å². The topological polar surface area (TPSA) is 110 Å². The molecule has 33 heavy (non-hydrogen) atoms. The van der Waals surface area contributed by atoms with Gasteiger partial charge in [0.2, 0.25) is 11.8 Å². The normalized spacial score (nSPS) is 17.6. The molecule has 0 saturated carbocycles. The predicted molar refractivity (Wildman–Crippen MR) is 120 cm³/mol. The molecule has 9 nitrogen and oxygen atoms in total. The van der Waals surface area contributed by atoms with E-state index in [9.17, 15) is 14.0 Å². The van der Waals surface area contributed by atoms with Crippen molar-refractivity contribution >= 4 is 11.8 Å². The molecule has 2 amide bonds. The summed E-state index contributed by atoms with van der Waals surface area (Å²) in [4.78, 5) is 28.7. The average Bonchev–Trinajstić information content (AvgIpc) is 3.51. The number of nitrogens with zero attached hydrogens (tertiary/aromatic N) is 6. The number of halogens is 1. The van der Waals surface area contributed by atoms with Gasteiger partial charge in [-0.05, 0) is 45.7 Å². The molecule has 4 rings (SSSR count). The van der Waals surface area contributed by atoms with Gasteiger partial charge in [-0.2, -0.15) is 0 Å². The van der Waals surface area contributed by atoms with Crippen molar-refractivity contribution in [3.63, 3.8) is 0 Å². The van der Waals surface area contributed by atoms with Crippen LogP contribution in [0.15, 0.2) is 54.9 Å². The van der Waals surface area contributed by atoms with Crippen LogP contribution >= 0.6 is 0 Å². The minimum atomic E-state index is -1.10. The van der Waals surface area contributed by atoms with Gasteiger partial charge in [0.25, 0.3) is 0 Å². The molecule has 1 fully saturated rings. The first-order chi connectivity index (χ1) is 15.8. The van der Waals surface area contributed by atoms with Crippen LogP contribution in [0.2, 0.25) is 0 Å². The van der Waals surface area contributed by atoms with E-state index in [4.69, 9.17) is 5.73 Å². The molecular weight excluding hydrogens is 425 g/mol. The monoisotopic (exact) mass is 451 g/mol. The molecular formula is C23H26FN7O2. The van der Waals surface area contributed by atoms with Crippen LogP contribution in [0, 0.1) is 0 Å². The number of nitrogens with two attached hydrogens (primary N) is 1. The summed E-state index contributed by atoms with van der Waals surface area (Å²) >= 11 is 0. The van der Waals surface area contributed by atoms with Crippen LogP contribution in [0.1, 0.15) is 17.9 Å². The highest BCUT2D eigenvalue weighted by Crippen LogP contribution is 2.28. The summed E-state index contributed by atoms with van der Waals surface area (Å²) in [6.07, 6.45) is 0.764. The van der Waals surface area contributed by atoms with E-state index in [1.165, 1.54) is 16.1 Å². The van der Waals surface area contributed by atoms with E-state index in [-0.39, 0.29) is 12.5 Å². The van der Waals surface area contributed by atoms with Gasteiger partial charge in [0, 0.05) is 20.6 Å². The number of carbonyl (C=O) groups is 2. The van der Waals surface area contributed by atoms with Crippen LogP contribution in [-0.4, -0.2) is 81.2 Å². The molecule has 0 aliphatic carbocycles. The van der Waals surface area contributed by atoms with E-state index in [1.807, 2.05) is 36.4 Å². The molecule has 1 saturated heterocycles. The Hall–Kier alpha value is -3.66. The lowest BCUT2D eigenvalue weighted by Gasteiger charge is -2.28. The molecule has 2 aromatic carbocycles. The lowest BCUT2D eigenvalue weighted by Crippen LogP contribution is -2.50. The van der Waals surface area contributed by atoms with E-state index in [2.05, 4.69) is 15.5 Å². The minimum absolute atomic E-state index is 0.0198. The van der Waals surface area contributed by atoms with Crippen LogP contribution in [0.5, 0.6) is 0 Å². The second-order valence-corrected chi connectivity index (χ2v) is 8.33. The molecule has 0 unspecified atom stereocenters. The molecule has 3 aromatic rings. The fourth-order valence-corrected chi connectivity index (χ4v) is 4.04. The Labute approximate surface area is 191 Å². The number of likely N-dealkylation sites (N-methyl/N-ethyl adjacent to an activating group) is 1. The SMILES string of the molecule is CN(C)C(=O)[C@@H](c1ccc(-c2cccc(-n3cnnn3)c2)cc1)[C@H](N)C(=O)N1CC[C@H](F)C1. The maximum Gasteiger partial charge on any atom is 0.240 e. The second kappa shape index (κ2) is 9.45. The van der Waals surface area contributed by atoms with Gasteiger partial charge in [0.05, 0.1) is 18.2 Å². The van der Waals surface area contributed by atoms with Crippen molar-refractivity contribution in [3.8, 4) is 16.8 Å². The zero-order valence-electron chi connectivity index (χ0n) is 18.5. The fourth-order valence-electron chi connectivity index (χ4n) is 4.04. The van der Waals surface area contributed by atoms with Crippen LogP contribution in [-0.2, 0) is 9.59 Å². The maximum atomic E-state index is 13.6. The number of aromatic nitrogens is 4. The van der Waals surface area contributed by atoms with Gasteiger partial charge in [-0.1, -0.05) is 36.4 Å². The highest BCUT2D eigenvalue weighted by molar-refractivity contribution is 5.93. The highest BCUT2D eigenvalue weighted by Gasteiger charge is 2.37. The van der Waals surface area contributed by atoms with Gasteiger partial charge >= 0.3 is 0 Å². The molecule has 1 aliphatic rings. The molecule has 2 heterocycles. The first kappa shape index (κ1) is 22.5. The lowest BCUT2D eigenvalue weighted by molar-refractivity contribution is -0.138. The molecule has 172 valence electrons. The third kappa shape index (κ3) is 4.75. The van der Waals surface area contributed by atoms with Crippen LogP contribution < -0.4 is 5.73 Å². The molecule has 1 aromatic heterocycles. The van der Waals surface area contributed by atoms with Gasteiger partial charge in [-0.15, -0.1) is 5.10 Å². The number of amides is 2. The summed E-state index contributed by atoms with van der Waals surface area (Å²) in [5, 5.41) is 11.2. The van der Waals surface area contributed by atoms with Crippen LogP contribution in [0.4, 0.5) is 4.39 Å². The number of rotatable bonds is 6. The molecule has 0 radical (unpaired) electrons. The first-order valence-corrected chi connectivity index (χ1v) is 10.7. The zero-order valence-corrected chi connectivity index (χ0v) is 18.5. The molecule has 3 atom stereocenters. The Morgan fingerprint density at radius 3 is 2.52 bits per heavy atom. The molecule has 2 N–H and O–H groups in total. The van der Waals surface area contributed by atoms with Crippen LogP contribution in [0.25, 0.3) is 16.8 Å². The Bertz CT molecular complexity index is 1120. The summed E-state index contributed by atoms with van der Waals surface area (Å²) < 4.78 is 15.2. The summed E-state index contributed by atoms with van der Waals surface area (Å²) in [5.41, 5.74) is 9.60. The van der Waals surface area contributed by atoms with Crippen molar-refractivity contribution in [2.24, 2.45) is 5.73 Å². The standard InChI is InChI=1S/C23H26FN7O2/c1-29(2)22(32)20(21(25)23(33)30-11-10-18(24)13-30)16-8-6-15(7-9-16)17-4-3-5-19(12-17)31-14-26-27-28-31/h3-9,12,14,18,20-21H,10-11,13,25H2,1-2H3/t18-,20-,21-/m0/s1. The Morgan fingerprint density at radius 2 is 1.91 bits per heavy atom. The van der Waals surface area contributed by atoms with Gasteiger partial charge < -0.3 is 15.5 Å². The average molecular weight is 452 g/mol. The second-order valence-electron chi connectivity index (χ2n) is 8.33. The number of likely N-dealkylation sites (tertiary alicyclic amines) is 1. The summed E-state index contributed by atoms with van der Waals surface area (Å²) in [5.74, 6) is -1.55. The number of benzene rings is 2. The largest absolute Gasteiger partial charge is 0.348 e. The van der Waals surface area contributed by atoms with E-state index >= 15 is 0 Å². The Morgan fingerprint density at radius 1 is 1.15 bits per heavy atom. The van der Waals surface area contributed by atoms with E-state index in [1.54, 1.807) is 30.9 Å². The number of alkyl halides is 1. The Kier molecular flexibility index (Phi) is 6.45. The van der Waals surface area contributed by atoms with E-state index < -0.39 is 24.0 Å². The summed E-state index contributed by atoms with van der Waals surface area (Å²) in [7, 11) is 3.25. The van der Waals surface area contributed by atoms with Crippen molar-refractivity contribution in [2.75, 3.05) is 27.2 Å².